The van der Waals surface area contributed by atoms with Crippen molar-refractivity contribution in [3.8, 4) is 0 Å². The Hall–Kier alpha value is -8.44. The summed E-state index contributed by atoms with van der Waals surface area (Å²) in [6.45, 7) is 67.6. The summed E-state index contributed by atoms with van der Waals surface area (Å²) >= 11 is 0. The van der Waals surface area contributed by atoms with Crippen LogP contribution in [-0.4, -0.2) is 147 Å². The molecule has 14 aliphatic rings. The van der Waals surface area contributed by atoms with Crippen LogP contribution in [0.15, 0.2) is 243 Å². The van der Waals surface area contributed by atoms with E-state index < -0.39 is 190 Å². The molecule has 6 aliphatic carbocycles. The van der Waals surface area contributed by atoms with Crippen molar-refractivity contribution in [3.63, 3.8) is 0 Å². The fourth-order valence-electron chi connectivity index (χ4n) is 26.0. The summed E-state index contributed by atoms with van der Waals surface area (Å²) in [5, 5.41) is 0. The quantitative estimate of drug-likeness (QED) is 0.0528. The Bertz CT molecular complexity index is 5230. The Balaban J connectivity index is 0.862. The van der Waals surface area contributed by atoms with Gasteiger partial charge >= 0.3 is 56.9 Å². The van der Waals surface area contributed by atoms with Gasteiger partial charge in [0.2, 0.25) is 0 Å². The van der Waals surface area contributed by atoms with Crippen LogP contribution in [0.5, 0.6) is 0 Å². The SMILES string of the molecule is CC1(C)OB(c2ccc(/C=C/C34C5(/C=C/c6ccc(B7OC(C)(C)C(C)(C)O7)cc6)C6(/C=C/c7ccc(B8OC(C)(C)C(C)(C)O8)cc7)C3(/C=C/c3ccc(B7OC(C)(C)C(C)(C)O7)cc3)C3(/C=C/c7ccc(B8OC(C)(C)C(C)(C)O8)cc7)C4(/C=C/c4ccc(B7OC(C)(C)C(C)(C)O7)cc4)C5(/C=C/c4ccc(B5OC(C)(C)C(C)(C)O5)cc4)C63/C=C/c3ccc(B4OC(C)(C)C(C)(C)O4)cc3)cc2)OC1(C)C. The largest absolute Gasteiger partial charge is 0.494 e. The van der Waals surface area contributed by atoms with Crippen LogP contribution in [-0.2, 0) is 74.5 Å². The second-order valence-electron chi connectivity index (χ2n) is 51.2. The summed E-state index contributed by atoms with van der Waals surface area (Å²) in [7, 11) is -4.69. The predicted molar refractivity (Wildman–Crippen MR) is 589 cm³/mol. The molecular formula is C120H144B8O16. The Labute approximate surface area is 859 Å². The zero-order chi connectivity index (χ0) is 103. The number of hydrogen-bond acceptors (Lipinski definition) is 16. The molecule has 24 heteroatoms. The lowest BCUT2D eigenvalue weighted by atomic mass is 8.70. The molecule has 16 nitrogen and oxygen atoms in total. The van der Waals surface area contributed by atoms with E-state index in [9.17, 15) is 0 Å². The van der Waals surface area contributed by atoms with Crippen molar-refractivity contribution >= 4 is 149 Å². The highest BCUT2D eigenvalue weighted by Crippen LogP contribution is 3.35. The molecule has 744 valence electrons. The summed E-state index contributed by atoms with van der Waals surface area (Å²) in [4.78, 5) is 0. The third kappa shape index (κ3) is 13.9. The minimum Gasteiger partial charge on any atom is -0.399 e. The molecule has 144 heavy (non-hydrogen) atoms. The first kappa shape index (κ1) is 101. The summed E-state index contributed by atoms with van der Waals surface area (Å²) in [5.74, 6) is 0. The van der Waals surface area contributed by atoms with E-state index in [1.165, 1.54) is 0 Å². The van der Waals surface area contributed by atoms with E-state index in [1.54, 1.807) is 0 Å². The van der Waals surface area contributed by atoms with Crippen LogP contribution in [0.3, 0.4) is 0 Å². The second-order valence-corrected chi connectivity index (χ2v) is 51.2. The molecule has 22 rings (SSSR count). The van der Waals surface area contributed by atoms with Crippen LogP contribution in [0.2, 0.25) is 0 Å². The van der Waals surface area contributed by atoms with Crippen molar-refractivity contribution in [1.29, 1.82) is 0 Å². The zero-order valence-electron chi connectivity index (χ0n) is 90.9. The van der Waals surface area contributed by atoms with Gasteiger partial charge < -0.3 is 74.5 Å². The molecule has 8 heterocycles. The molecule has 0 aromatic heterocycles. The van der Waals surface area contributed by atoms with Gasteiger partial charge in [-0.25, -0.2) is 0 Å². The number of allylic oxidation sites excluding steroid dienone is 8. The standard InChI is InChI=1S/C120H144B8O16/c1-97(2)98(3,4)130-121(129-97)89-49-33-81(34-50-89)65-73-113-114(74-66-82-35-51-90(52-36-82)122-131-99(5,6)100(7,8)132-122)117(77-69-85-41-57-93(58-42-85)125-137-105(17,18)106(19,20)138-125)115(113,75-67-83-37-53-91(54-38-83)123-133-101(9,10)102(11,12)134-123)119(79-71-87-45-61-95(62-46-87)127-141-109(25,26)110(27,28)142-127)116(113,76-68-84-39-55-92(56-40-84)124-135-103(13,14)104(15,16)136-124)118(114,78-70-86-43-59-94(60-44-86)126-139-107(21,22)108(23,24)140-126)120(117,119)80-72-88-47-63-96(64-48-88)128-143-111(29,30)112(31,32)144-128/h33-80H,1-32H3/b73-65+,74-66+,75-67+,76-68+,77-69+,78-70+,79-71+,80-72+. The van der Waals surface area contributed by atoms with Crippen LogP contribution in [0, 0.1) is 43.3 Å². The predicted octanol–water partition coefficient (Wildman–Crippen LogP) is 20.0. The molecule has 0 unspecified atom stereocenters. The van der Waals surface area contributed by atoms with E-state index in [0.29, 0.717) is 0 Å². The smallest absolute Gasteiger partial charge is 0.399 e. The fourth-order valence-corrected chi connectivity index (χ4v) is 26.0. The normalized spacial score (nSPS) is 32.2. The Kier molecular flexibility index (Phi) is 22.9. The van der Waals surface area contributed by atoms with E-state index >= 15 is 0 Å². The molecule has 0 radical (unpaired) electrons. The van der Waals surface area contributed by atoms with E-state index in [-0.39, 0.29) is 0 Å². The minimum absolute atomic E-state index is 0.563. The molecule has 0 bridgehead atoms. The Morgan fingerprint density at radius 3 is 0.257 bits per heavy atom. The fraction of sp³-hybridized carbons (Fsp3) is 0.467. The third-order valence-electron chi connectivity index (χ3n) is 39.4. The van der Waals surface area contributed by atoms with Crippen molar-refractivity contribution in [3.05, 3.63) is 287 Å². The highest BCUT2D eigenvalue weighted by molar-refractivity contribution is 6.65. The molecule has 8 aromatic rings. The van der Waals surface area contributed by atoms with Gasteiger partial charge in [0.25, 0.3) is 0 Å². The van der Waals surface area contributed by atoms with Gasteiger partial charge in [-0.1, -0.05) is 291 Å². The molecule has 0 atom stereocenters. The molecule has 8 aromatic carbocycles. The van der Waals surface area contributed by atoms with Gasteiger partial charge in [0.05, 0.1) is 89.6 Å². The topological polar surface area (TPSA) is 148 Å². The van der Waals surface area contributed by atoms with Crippen LogP contribution >= 0.6 is 0 Å². The lowest BCUT2D eigenvalue weighted by Gasteiger charge is -3.30. The van der Waals surface area contributed by atoms with Gasteiger partial charge in [0.1, 0.15) is 0 Å². The van der Waals surface area contributed by atoms with Crippen molar-refractivity contribution < 1.29 is 74.5 Å². The van der Waals surface area contributed by atoms with Crippen molar-refractivity contribution in [2.24, 2.45) is 43.3 Å². The molecule has 6 saturated carbocycles. The number of hydrogen-bond donors (Lipinski definition) is 0. The Morgan fingerprint density at radius 1 is 0.118 bits per heavy atom. The van der Waals surface area contributed by atoms with Gasteiger partial charge in [-0.3, -0.25) is 0 Å². The van der Waals surface area contributed by atoms with Crippen molar-refractivity contribution in [1.82, 2.24) is 0 Å². The summed E-state index contributed by atoms with van der Waals surface area (Å²) in [5.41, 5.74) is -0.447. The van der Waals surface area contributed by atoms with E-state index in [1.807, 2.05) is 0 Å². The molecule has 8 saturated heterocycles. The van der Waals surface area contributed by atoms with Crippen LogP contribution in [0.1, 0.15) is 266 Å². The second kappa shape index (κ2) is 32.5. The maximum absolute atomic E-state index is 6.83. The van der Waals surface area contributed by atoms with Gasteiger partial charge in [0.15, 0.2) is 0 Å². The van der Waals surface area contributed by atoms with Gasteiger partial charge in [-0.05, 0) is 310 Å². The maximum atomic E-state index is 6.83. The van der Waals surface area contributed by atoms with E-state index in [4.69, 9.17) is 74.5 Å². The van der Waals surface area contributed by atoms with Crippen LogP contribution in [0.4, 0.5) is 0 Å². The highest BCUT2D eigenvalue weighted by atomic mass is 16.7. The first-order valence-electron chi connectivity index (χ1n) is 52.2. The summed E-state index contributed by atoms with van der Waals surface area (Å²) in [6, 6.07) is 70.9. The summed E-state index contributed by atoms with van der Waals surface area (Å²) in [6.07, 6.45) is 40.8. The first-order chi connectivity index (χ1) is 67.0. The summed E-state index contributed by atoms with van der Waals surface area (Å²) < 4.78 is 109. The molecule has 0 spiro atoms. The molecular weight excluding hydrogens is 1780 g/mol. The van der Waals surface area contributed by atoms with Gasteiger partial charge in [-0.15, -0.1) is 0 Å². The van der Waals surface area contributed by atoms with Crippen molar-refractivity contribution in [2.75, 3.05) is 0 Å². The molecule has 8 aliphatic heterocycles. The molecule has 14 fully saturated rings. The molecule has 0 amide bonds. The number of benzene rings is 8. The zero-order valence-corrected chi connectivity index (χ0v) is 90.9. The monoisotopic (exact) mass is 1930 g/mol. The van der Waals surface area contributed by atoms with Gasteiger partial charge in [0, 0.05) is 43.3 Å². The minimum atomic E-state index is -0.879. The van der Waals surface area contributed by atoms with E-state index in [0.717, 1.165) is 88.2 Å². The lowest BCUT2D eigenvalue weighted by molar-refractivity contribution is -0.802. The third-order valence-corrected chi connectivity index (χ3v) is 39.4. The lowest BCUT2D eigenvalue weighted by Crippen LogP contribution is -3.30. The van der Waals surface area contributed by atoms with Crippen LogP contribution in [0.25, 0.3) is 48.6 Å². The van der Waals surface area contributed by atoms with Gasteiger partial charge in [-0.2, -0.15) is 0 Å². The van der Waals surface area contributed by atoms with Crippen LogP contribution < -0.4 is 43.7 Å². The highest BCUT2D eigenvalue weighted by Gasteiger charge is 3.34. The average Bonchev–Trinajstić information content (AvgIpc) is 0.645. The average molecular weight is 1930 g/mol. The maximum Gasteiger partial charge on any atom is 0.494 e. The van der Waals surface area contributed by atoms with E-state index in [2.05, 4.69) is 513 Å². The van der Waals surface area contributed by atoms with Crippen molar-refractivity contribution in [2.45, 2.75) is 311 Å². The first-order valence-corrected chi connectivity index (χ1v) is 52.2. The Morgan fingerprint density at radius 2 is 0.188 bits per heavy atom. The number of rotatable bonds is 24. The molecule has 0 N–H and O–H groups in total.